The lowest BCUT2D eigenvalue weighted by Crippen LogP contribution is -2.37. The Morgan fingerprint density at radius 3 is 2.08 bits per heavy atom. The van der Waals surface area contributed by atoms with Crippen LogP contribution in [0, 0.1) is 5.92 Å². The number of nitrogens with zero attached hydrogens (tertiary/aromatic N) is 2. The van der Waals surface area contributed by atoms with Crippen LogP contribution in [-0.2, 0) is 4.79 Å². The Morgan fingerprint density at radius 1 is 1.25 bits per heavy atom. The van der Waals surface area contributed by atoms with Gasteiger partial charge in [0.1, 0.15) is 0 Å². The van der Waals surface area contributed by atoms with Crippen molar-refractivity contribution < 1.29 is 4.79 Å². The molecule has 0 saturated carbocycles. The Bertz CT molecular complexity index is 173. The molecule has 0 bridgehead atoms. The summed E-state index contributed by atoms with van der Waals surface area (Å²) in [6.07, 6.45) is 3.49. The molecule has 0 aliphatic carbocycles. The molecule has 12 heavy (non-hydrogen) atoms. The quantitative estimate of drug-likeness (QED) is 0.468. The van der Waals surface area contributed by atoms with E-state index in [1.165, 1.54) is 0 Å². The molecule has 0 aromatic heterocycles. The van der Waals surface area contributed by atoms with E-state index in [2.05, 4.69) is 0 Å². The molecule has 0 heterocycles. The van der Waals surface area contributed by atoms with Crippen LogP contribution in [-0.4, -0.2) is 37.1 Å². The highest BCUT2D eigenvalue weighted by molar-refractivity contribution is 5.86. The number of allylic oxidation sites excluding steroid dienone is 1. The van der Waals surface area contributed by atoms with E-state index in [4.69, 9.17) is 0 Å². The maximum atomic E-state index is 11.3. The molecule has 0 spiro atoms. The van der Waals surface area contributed by atoms with Crippen LogP contribution in [0.5, 0.6) is 0 Å². The zero-order valence-corrected chi connectivity index (χ0v) is 8.53. The molecule has 0 fully saturated rings. The Morgan fingerprint density at radius 2 is 1.75 bits per heavy atom. The summed E-state index contributed by atoms with van der Waals surface area (Å²) < 4.78 is 0. The number of carbonyl (C=O) groups excluding carboxylic acids is 1. The van der Waals surface area contributed by atoms with Crippen LogP contribution in [0.15, 0.2) is 12.2 Å². The summed E-state index contributed by atoms with van der Waals surface area (Å²) in [5.41, 5.74) is 0. The lowest BCUT2D eigenvalue weighted by molar-refractivity contribution is -0.136. The third kappa shape index (κ3) is 4.13. The molecule has 0 rings (SSSR count). The van der Waals surface area contributed by atoms with Crippen molar-refractivity contribution in [3.05, 3.63) is 12.2 Å². The third-order valence-corrected chi connectivity index (χ3v) is 1.54. The minimum atomic E-state index is 0.00806. The minimum Gasteiger partial charge on any atom is -0.275 e. The summed E-state index contributed by atoms with van der Waals surface area (Å²) in [4.78, 5) is 11.3. The summed E-state index contributed by atoms with van der Waals surface area (Å²) in [5, 5.41) is 3.30. The number of rotatable bonds is 3. The SMILES string of the molecule is CC(C)C=CC(=O)N(C)N(C)C. The molecule has 0 N–H and O–H groups in total. The van der Waals surface area contributed by atoms with Crippen LogP contribution in [0.2, 0.25) is 0 Å². The second-order valence-corrected chi connectivity index (χ2v) is 3.31. The molecule has 0 unspecified atom stereocenters. The number of hydrazine groups is 1. The van der Waals surface area contributed by atoms with Gasteiger partial charge in [-0.15, -0.1) is 0 Å². The predicted octanol–water partition coefficient (Wildman–Crippen LogP) is 1.13. The predicted molar refractivity (Wildman–Crippen MR) is 50.4 cm³/mol. The second kappa shape index (κ2) is 4.93. The molecule has 0 aliphatic rings. The molecular formula is C9H18N2O. The van der Waals surface area contributed by atoms with Gasteiger partial charge in [0.15, 0.2) is 0 Å². The highest BCUT2D eigenvalue weighted by Crippen LogP contribution is 1.95. The molecule has 0 aromatic rings. The fraction of sp³-hybridized carbons (Fsp3) is 0.667. The first-order valence-electron chi connectivity index (χ1n) is 4.08. The highest BCUT2D eigenvalue weighted by Gasteiger charge is 2.05. The minimum absolute atomic E-state index is 0.00806. The van der Waals surface area contributed by atoms with Gasteiger partial charge in [-0.3, -0.25) is 9.80 Å². The summed E-state index contributed by atoms with van der Waals surface area (Å²) >= 11 is 0. The van der Waals surface area contributed by atoms with Crippen LogP contribution in [0.1, 0.15) is 13.8 Å². The van der Waals surface area contributed by atoms with Crippen LogP contribution >= 0.6 is 0 Å². The Balaban J connectivity index is 4.04. The van der Waals surface area contributed by atoms with Gasteiger partial charge in [-0.05, 0) is 5.92 Å². The van der Waals surface area contributed by atoms with Crippen molar-refractivity contribution in [2.75, 3.05) is 21.1 Å². The molecule has 0 saturated heterocycles. The molecular weight excluding hydrogens is 152 g/mol. The average Bonchev–Trinajstić information content (AvgIpc) is 1.98. The van der Waals surface area contributed by atoms with Crippen molar-refractivity contribution >= 4 is 5.91 Å². The number of amides is 1. The van der Waals surface area contributed by atoms with Gasteiger partial charge in [0.25, 0.3) is 5.91 Å². The fourth-order valence-corrected chi connectivity index (χ4v) is 0.580. The topological polar surface area (TPSA) is 23.6 Å². The molecule has 3 nitrogen and oxygen atoms in total. The lowest BCUT2D eigenvalue weighted by Gasteiger charge is -2.22. The molecule has 70 valence electrons. The van der Waals surface area contributed by atoms with Gasteiger partial charge in [-0.2, -0.15) is 0 Å². The van der Waals surface area contributed by atoms with E-state index in [1.54, 1.807) is 23.1 Å². The van der Waals surface area contributed by atoms with Crippen LogP contribution in [0.4, 0.5) is 0 Å². The maximum absolute atomic E-state index is 11.3. The molecule has 0 atom stereocenters. The summed E-state index contributed by atoms with van der Waals surface area (Å²) in [5.74, 6) is 0.429. The normalized spacial score (nSPS) is 11.6. The van der Waals surface area contributed by atoms with Gasteiger partial charge >= 0.3 is 0 Å². The fourth-order valence-electron chi connectivity index (χ4n) is 0.580. The third-order valence-electron chi connectivity index (χ3n) is 1.54. The van der Waals surface area contributed by atoms with E-state index in [-0.39, 0.29) is 5.91 Å². The van der Waals surface area contributed by atoms with Crippen molar-refractivity contribution in [1.29, 1.82) is 0 Å². The van der Waals surface area contributed by atoms with Gasteiger partial charge in [-0.25, -0.2) is 5.01 Å². The van der Waals surface area contributed by atoms with Gasteiger partial charge in [-0.1, -0.05) is 19.9 Å². The molecule has 0 aromatic carbocycles. The number of hydrogen-bond acceptors (Lipinski definition) is 2. The number of carbonyl (C=O) groups is 1. The molecule has 3 heteroatoms. The van der Waals surface area contributed by atoms with Crippen molar-refractivity contribution in [2.45, 2.75) is 13.8 Å². The maximum Gasteiger partial charge on any atom is 0.260 e. The Kier molecular flexibility index (Phi) is 4.59. The Hall–Kier alpha value is -0.830. The van der Waals surface area contributed by atoms with E-state index in [0.717, 1.165) is 0 Å². The number of likely N-dealkylation sites (N-methyl/N-ethyl adjacent to an activating group) is 1. The van der Waals surface area contributed by atoms with Crippen LogP contribution in [0.25, 0.3) is 0 Å². The van der Waals surface area contributed by atoms with E-state index in [9.17, 15) is 4.79 Å². The smallest absolute Gasteiger partial charge is 0.260 e. The van der Waals surface area contributed by atoms with Gasteiger partial charge in [0.2, 0.25) is 0 Å². The Labute approximate surface area is 74.6 Å². The molecule has 1 amide bonds. The zero-order valence-electron chi connectivity index (χ0n) is 8.53. The first kappa shape index (κ1) is 11.2. The van der Waals surface area contributed by atoms with Crippen molar-refractivity contribution in [3.63, 3.8) is 0 Å². The standard InChI is InChI=1S/C9H18N2O/c1-8(2)6-7-9(12)11(5)10(3)4/h6-8H,1-5H3. The van der Waals surface area contributed by atoms with Gasteiger partial charge in [0.05, 0.1) is 0 Å². The van der Waals surface area contributed by atoms with E-state index < -0.39 is 0 Å². The first-order chi connectivity index (χ1) is 5.45. The lowest BCUT2D eigenvalue weighted by atomic mass is 10.2. The first-order valence-corrected chi connectivity index (χ1v) is 4.08. The van der Waals surface area contributed by atoms with Crippen molar-refractivity contribution in [1.82, 2.24) is 10.0 Å². The van der Waals surface area contributed by atoms with Crippen LogP contribution < -0.4 is 0 Å². The van der Waals surface area contributed by atoms with Gasteiger partial charge < -0.3 is 0 Å². The molecule has 0 aliphatic heterocycles. The largest absolute Gasteiger partial charge is 0.275 e. The summed E-state index contributed by atoms with van der Waals surface area (Å²) in [7, 11) is 5.41. The van der Waals surface area contributed by atoms with Crippen molar-refractivity contribution in [3.8, 4) is 0 Å². The number of hydrogen-bond donors (Lipinski definition) is 0. The zero-order chi connectivity index (χ0) is 9.72. The highest BCUT2D eigenvalue weighted by atomic mass is 16.2. The monoisotopic (exact) mass is 170 g/mol. The second-order valence-electron chi connectivity index (χ2n) is 3.31. The van der Waals surface area contributed by atoms with Gasteiger partial charge in [0, 0.05) is 27.2 Å². The van der Waals surface area contributed by atoms with Crippen molar-refractivity contribution in [2.24, 2.45) is 5.92 Å². The van der Waals surface area contributed by atoms with E-state index in [1.807, 2.05) is 34.0 Å². The van der Waals surface area contributed by atoms with E-state index >= 15 is 0 Å². The molecule has 0 radical (unpaired) electrons. The summed E-state index contributed by atoms with van der Waals surface area (Å²) in [6, 6.07) is 0. The summed E-state index contributed by atoms with van der Waals surface area (Å²) in [6.45, 7) is 4.08. The van der Waals surface area contributed by atoms with E-state index in [0.29, 0.717) is 5.92 Å². The average molecular weight is 170 g/mol. The van der Waals surface area contributed by atoms with Crippen LogP contribution in [0.3, 0.4) is 0 Å².